The molecule has 1 amide bonds. The fourth-order valence-corrected chi connectivity index (χ4v) is 2.75. The molecule has 0 fully saturated rings. The first kappa shape index (κ1) is 18.7. The number of likely N-dealkylation sites (N-methyl/N-ethyl adjacent to an activating group) is 1. The number of carbonyl (C=O) groups excluding carboxylic acids is 1. The van der Waals surface area contributed by atoms with Crippen LogP contribution >= 0.6 is 23.4 Å². The molecular weight excluding hydrogens is 354 g/mol. The summed E-state index contributed by atoms with van der Waals surface area (Å²) in [7, 11) is 1.84. The van der Waals surface area contributed by atoms with Crippen LogP contribution in [0.5, 0.6) is 0 Å². The fourth-order valence-electron chi connectivity index (χ4n) is 2.12. The minimum absolute atomic E-state index is 0.166. The molecule has 128 valence electrons. The number of thioether (sulfide) groups is 1. The Morgan fingerprint density at radius 2 is 1.79 bits per heavy atom. The maximum Gasteiger partial charge on any atom is 0.288 e. The summed E-state index contributed by atoms with van der Waals surface area (Å²) in [5.74, 6) is -2.62. The molecule has 0 saturated heterocycles. The van der Waals surface area contributed by atoms with E-state index in [2.05, 4.69) is 5.32 Å². The topological polar surface area (TPSA) is 32.3 Å². The van der Waals surface area contributed by atoms with Gasteiger partial charge in [-0.3, -0.25) is 9.69 Å². The van der Waals surface area contributed by atoms with Crippen LogP contribution in [0.1, 0.15) is 5.56 Å². The Labute approximate surface area is 149 Å². The first-order valence-electron chi connectivity index (χ1n) is 7.20. The molecule has 3 nitrogen and oxygen atoms in total. The number of carbonyl (C=O) groups is 1. The predicted octanol–water partition coefficient (Wildman–Crippen LogP) is 4.73. The van der Waals surface area contributed by atoms with Crippen molar-refractivity contribution in [1.29, 1.82) is 0 Å². The molecule has 2 aromatic carbocycles. The molecule has 7 heteroatoms. The molecule has 0 aliphatic carbocycles. The molecule has 24 heavy (non-hydrogen) atoms. The van der Waals surface area contributed by atoms with Crippen molar-refractivity contribution >= 4 is 35.0 Å². The maximum atomic E-state index is 12.3. The summed E-state index contributed by atoms with van der Waals surface area (Å²) in [5.41, 5.74) is 1.64. The van der Waals surface area contributed by atoms with E-state index < -0.39 is 5.76 Å². The molecule has 2 rings (SSSR count). The number of hydrogen-bond acceptors (Lipinski definition) is 3. The number of nitrogens with zero attached hydrogens (tertiary/aromatic N) is 1. The van der Waals surface area contributed by atoms with Crippen LogP contribution in [-0.2, 0) is 11.3 Å². The van der Waals surface area contributed by atoms with Crippen LogP contribution in [0.4, 0.5) is 14.5 Å². The summed E-state index contributed by atoms with van der Waals surface area (Å²) in [6.45, 7) is 0.838. The Morgan fingerprint density at radius 3 is 2.38 bits per heavy atom. The Bertz CT molecular complexity index is 665. The van der Waals surface area contributed by atoms with Crippen LogP contribution in [0, 0.1) is 0 Å². The average Bonchev–Trinajstić information content (AvgIpc) is 2.51. The van der Waals surface area contributed by atoms with Gasteiger partial charge >= 0.3 is 0 Å². The highest BCUT2D eigenvalue weighted by Crippen LogP contribution is 2.26. The SMILES string of the molecule is CN(CC(=O)Nc1ccc(SC(F)F)cc1)Cc1ccc(Cl)cc1. The van der Waals surface area contributed by atoms with Crippen molar-refractivity contribution in [2.24, 2.45) is 0 Å². The zero-order valence-corrected chi connectivity index (χ0v) is 14.6. The number of nitrogens with one attached hydrogen (secondary N) is 1. The molecular formula is C17H17ClF2N2OS. The van der Waals surface area contributed by atoms with Gasteiger partial charge in [0.05, 0.1) is 6.54 Å². The number of anilines is 1. The van der Waals surface area contributed by atoms with Crippen LogP contribution in [0.25, 0.3) is 0 Å². The standard InChI is InChI=1S/C17H17ClF2N2OS/c1-22(10-12-2-4-13(18)5-3-12)11-16(23)21-14-6-8-15(9-7-14)24-17(19)20/h2-9,17H,10-11H2,1H3,(H,21,23). The molecule has 0 aliphatic rings. The quantitative estimate of drug-likeness (QED) is 0.715. The molecule has 2 aromatic rings. The van der Waals surface area contributed by atoms with E-state index in [0.29, 0.717) is 33.9 Å². The van der Waals surface area contributed by atoms with Crippen molar-refractivity contribution < 1.29 is 13.6 Å². The second-order valence-corrected chi connectivity index (χ2v) is 6.75. The van der Waals surface area contributed by atoms with Gasteiger partial charge in [0.25, 0.3) is 5.76 Å². The van der Waals surface area contributed by atoms with Gasteiger partial charge in [-0.1, -0.05) is 35.5 Å². The second-order valence-electron chi connectivity index (χ2n) is 5.25. The monoisotopic (exact) mass is 370 g/mol. The first-order valence-corrected chi connectivity index (χ1v) is 8.46. The van der Waals surface area contributed by atoms with Gasteiger partial charge in [-0.05, 0) is 49.0 Å². The Balaban J connectivity index is 1.82. The molecule has 0 heterocycles. The number of alkyl halides is 2. The zero-order valence-electron chi connectivity index (χ0n) is 13.0. The zero-order chi connectivity index (χ0) is 17.5. The largest absolute Gasteiger partial charge is 0.325 e. The lowest BCUT2D eigenvalue weighted by molar-refractivity contribution is -0.117. The Morgan fingerprint density at radius 1 is 1.17 bits per heavy atom. The lowest BCUT2D eigenvalue weighted by atomic mass is 10.2. The van der Waals surface area contributed by atoms with Crippen LogP contribution in [0.2, 0.25) is 5.02 Å². The number of rotatable bonds is 7. The molecule has 0 aromatic heterocycles. The van der Waals surface area contributed by atoms with Crippen molar-refractivity contribution in [3.8, 4) is 0 Å². The molecule has 0 bridgehead atoms. The normalized spacial score (nSPS) is 11.1. The fraction of sp³-hybridized carbons (Fsp3) is 0.235. The second kappa shape index (κ2) is 9.01. The highest BCUT2D eigenvalue weighted by Gasteiger charge is 2.09. The van der Waals surface area contributed by atoms with Crippen molar-refractivity contribution in [2.75, 3.05) is 18.9 Å². The molecule has 0 spiro atoms. The van der Waals surface area contributed by atoms with Crippen LogP contribution in [0.3, 0.4) is 0 Å². The van der Waals surface area contributed by atoms with Gasteiger partial charge in [0.1, 0.15) is 0 Å². The minimum Gasteiger partial charge on any atom is -0.325 e. The van der Waals surface area contributed by atoms with Crippen LogP contribution in [-0.4, -0.2) is 30.2 Å². The van der Waals surface area contributed by atoms with E-state index >= 15 is 0 Å². The van der Waals surface area contributed by atoms with E-state index in [-0.39, 0.29) is 12.5 Å². The van der Waals surface area contributed by atoms with Crippen molar-refractivity contribution in [3.63, 3.8) is 0 Å². The van der Waals surface area contributed by atoms with E-state index in [1.165, 1.54) is 0 Å². The number of hydrogen-bond donors (Lipinski definition) is 1. The third-order valence-corrected chi connectivity index (χ3v) is 4.12. The summed E-state index contributed by atoms with van der Waals surface area (Å²) in [6.07, 6.45) is 0. The van der Waals surface area contributed by atoms with Crippen LogP contribution < -0.4 is 5.32 Å². The molecule has 0 radical (unpaired) electrons. The summed E-state index contributed by atoms with van der Waals surface area (Å²) in [4.78, 5) is 14.4. The molecule has 0 aliphatic heterocycles. The minimum atomic E-state index is -2.45. The lowest BCUT2D eigenvalue weighted by Crippen LogP contribution is -2.29. The van der Waals surface area contributed by atoms with Gasteiger partial charge in [0.2, 0.25) is 5.91 Å². The summed E-state index contributed by atoms with van der Waals surface area (Å²) in [5, 5.41) is 3.42. The van der Waals surface area contributed by atoms with Crippen molar-refractivity contribution in [2.45, 2.75) is 17.2 Å². The third kappa shape index (κ3) is 6.47. The first-order chi connectivity index (χ1) is 11.4. The van der Waals surface area contributed by atoms with Gasteiger partial charge in [-0.15, -0.1) is 0 Å². The van der Waals surface area contributed by atoms with Crippen LogP contribution in [0.15, 0.2) is 53.4 Å². The van der Waals surface area contributed by atoms with Gasteiger partial charge in [-0.25, -0.2) is 0 Å². The average molecular weight is 371 g/mol. The summed E-state index contributed by atoms with van der Waals surface area (Å²) in [6, 6.07) is 13.8. The van der Waals surface area contributed by atoms with Crippen molar-refractivity contribution in [1.82, 2.24) is 4.90 Å². The smallest absolute Gasteiger partial charge is 0.288 e. The number of amides is 1. The van der Waals surface area contributed by atoms with Gasteiger partial charge < -0.3 is 5.32 Å². The van der Waals surface area contributed by atoms with Gasteiger partial charge in [0, 0.05) is 22.2 Å². The van der Waals surface area contributed by atoms with E-state index in [4.69, 9.17) is 11.6 Å². The number of benzene rings is 2. The molecule has 0 saturated carbocycles. The van der Waals surface area contributed by atoms with E-state index in [9.17, 15) is 13.6 Å². The molecule has 1 N–H and O–H groups in total. The summed E-state index contributed by atoms with van der Waals surface area (Å²) < 4.78 is 24.5. The number of halogens is 3. The predicted molar refractivity (Wildman–Crippen MR) is 94.7 cm³/mol. The van der Waals surface area contributed by atoms with Gasteiger partial charge in [0.15, 0.2) is 0 Å². The van der Waals surface area contributed by atoms with E-state index in [1.807, 2.05) is 36.2 Å². The highest BCUT2D eigenvalue weighted by atomic mass is 35.5. The third-order valence-electron chi connectivity index (χ3n) is 3.14. The van der Waals surface area contributed by atoms with E-state index in [1.54, 1.807) is 24.3 Å². The lowest BCUT2D eigenvalue weighted by Gasteiger charge is -2.16. The Kier molecular flexibility index (Phi) is 7.02. The Hall–Kier alpha value is -1.63. The van der Waals surface area contributed by atoms with Gasteiger partial charge in [-0.2, -0.15) is 8.78 Å². The highest BCUT2D eigenvalue weighted by molar-refractivity contribution is 7.99. The van der Waals surface area contributed by atoms with E-state index in [0.717, 1.165) is 5.56 Å². The maximum absolute atomic E-state index is 12.3. The molecule has 0 atom stereocenters. The molecule has 0 unspecified atom stereocenters. The van der Waals surface area contributed by atoms with Crippen molar-refractivity contribution in [3.05, 3.63) is 59.1 Å². The summed E-state index contributed by atoms with van der Waals surface area (Å²) >= 11 is 6.32.